The number of nitrogens with zero attached hydrogens (tertiary/aromatic N) is 2. The van der Waals surface area contributed by atoms with Crippen molar-refractivity contribution in [2.45, 2.75) is 40.3 Å². The van der Waals surface area contributed by atoms with E-state index < -0.39 is 0 Å². The summed E-state index contributed by atoms with van der Waals surface area (Å²) in [6, 6.07) is 8.22. The summed E-state index contributed by atoms with van der Waals surface area (Å²) < 4.78 is 0. The number of aryl methyl sites for hydroxylation is 1. The van der Waals surface area contributed by atoms with Gasteiger partial charge in [-0.2, -0.15) is 0 Å². The molecule has 3 nitrogen and oxygen atoms in total. The fourth-order valence-corrected chi connectivity index (χ4v) is 3.69. The maximum absolute atomic E-state index is 12.9. The zero-order valence-corrected chi connectivity index (χ0v) is 14.2. The van der Waals surface area contributed by atoms with Crippen LogP contribution in [0.2, 0.25) is 0 Å². The molecule has 1 amide bonds. The fourth-order valence-electron chi connectivity index (χ4n) is 2.79. The molecule has 4 heteroatoms. The molecule has 2 aromatic rings. The molecule has 2 heterocycles. The quantitative estimate of drug-likeness (QED) is 0.835. The van der Waals surface area contributed by atoms with Gasteiger partial charge in [0.1, 0.15) is 0 Å². The summed E-state index contributed by atoms with van der Waals surface area (Å²) in [5, 5.41) is 0. The van der Waals surface area contributed by atoms with Gasteiger partial charge in [-0.1, -0.05) is 13.8 Å². The van der Waals surface area contributed by atoms with Crippen molar-refractivity contribution >= 4 is 17.2 Å². The van der Waals surface area contributed by atoms with Crippen LogP contribution in [0.5, 0.6) is 0 Å². The minimum absolute atomic E-state index is 0.166. The lowest BCUT2D eigenvalue weighted by molar-refractivity contribution is -0.134. The number of amides is 1. The molecule has 0 bridgehead atoms. The van der Waals surface area contributed by atoms with Crippen LogP contribution in [-0.4, -0.2) is 15.8 Å². The Bertz CT molecular complexity index is 663. The molecule has 1 aliphatic rings. The van der Waals surface area contributed by atoms with Crippen molar-refractivity contribution in [3.8, 4) is 0 Å². The number of hydrogen-bond acceptors (Lipinski definition) is 3. The minimum atomic E-state index is 0.166. The largest absolute Gasteiger partial charge is 0.333 e. The van der Waals surface area contributed by atoms with Crippen molar-refractivity contribution in [2.24, 2.45) is 11.3 Å². The summed E-state index contributed by atoms with van der Waals surface area (Å²) >= 11 is 1.77. The third-order valence-corrected chi connectivity index (χ3v) is 5.37. The zero-order valence-electron chi connectivity index (χ0n) is 13.4. The SMILES string of the molecule is Cc1ccc(CN(Cc2ccncc2)C(=O)[C@@H]2CC2(C)C)s1. The van der Waals surface area contributed by atoms with E-state index in [9.17, 15) is 4.79 Å². The lowest BCUT2D eigenvalue weighted by Gasteiger charge is -2.23. The molecule has 1 fully saturated rings. The molecule has 0 radical (unpaired) electrons. The van der Waals surface area contributed by atoms with Crippen LogP contribution in [0.3, 0.4) is 0 Å². The molecule has 0 spiro atoms. The van der Waals surface area contributed by atoms with Gasteiger partial charge in [0.05, 0.1) is 6.54 Å². The molecule has 0 saturated heterocycles. The van der Waals surface area contributed by atoms with Crippen molar-refractivity contribution in [2.75, 3.05) is 0 Å². The first kappa shape index (κ1) is 15.2. The van der Waals surface area contributed by atoms with Crippen LogP contribution in [0.25, 0.3) is 0 Å². The van der Waals surface area contributed by atoms with Crippen LogP contribution in [0, 0.1) is 18.3 Å². The predicted molar refractivity (Wildman–Crippen MR) is 89.4 cm³/mol. The van der Waals surface area contributed by atoms with Gasteiger partial charge in [-0.25, -0.2) is 0 Å². The monoisotopic (exact) mass is 314 g/mol. The van der Waals surface area contributed by atoms with Crippen LogP contribution >= 0.6 is 11.3 Å². The number of carbonyl (C=O) groups excluding carboxylic acids is 1. The van der Waals surface area contributed by atoms with Crippen molar-refractivity contribution < 1.29 is 4.79 Å². The average Bonchev–Trinajstić information content (AvgIpc) is 2.92. The van der Waals surface area contributed by atoms with E-state index in [0.717, 1.165) is 12.0 Å². The van der Waals surface area contributed by atoms with Crippen LogP contribution < -0.4 is 0 Å². The fraction of sp³-hybridized carbons (Fsp3) is 0.444. The topological polar surface area (TPSA) is 33.2 Å². The lowest BCUT2D eigenvalue weighted by atomic mass is 10.1. The highest BCUT2D eigenvalue weighted by atomic mass is 32.1. The highest BCUT2D eigenvalue weighted by Gasteiger charge is 2.51. The van der Waals surface area contributed by atoms with Crippen molar-refractivity contribution in [1.82, 2.24) is 9.88 Å². The molecule has 0 aliphatic heterocycles. The highest BCUT2D eigenvalue weighted by Crippen LogP contribution is 2.52. The predicted octanol–water partition coefficient (Wildman–Crippen LogP) is 4.03. The number of aromatic nitrogens is 1. The van der Waals surface area contributed by atoms with E-state index in [4.69, 9.17) is 0 Å². The maximum Gasteiger partial charge on any atom is 0.226 e. The molecule has 1 atom stereocenters. The van der Waals surface area contributed by atoms with E-state index in [1.54, 1.807) is 23.7 Å². The Morgan fingerprint density at radius 2 is 1.95 bits per heavy atom. The van der Waals surface area contributed by atoms with E-state index in [-0.39, 0.29) is 17.2 Å². The first-order valence-corrected chi connectivity index (χ1v) is 8.50. The molecular weight excluding hydrogens is 292 g/mol. The van der Waals surface area contributed by atoms with Crippen molar-refractivity contribution in [3.05, 3.63) is 52.0 Å². The van der Waals surface area contributed by atoms with Crippen LogP contribution in [0.4, 0.5) is 0 Å². The number of hydrogen-bond donors (Lipinski definition) is 0. The van der Waals surface area contributed by atoms with Crippen LogP contribution in [-0.2, 0) is 17.9 Å². The summed E-state index contributed by atoms with van der Waals surface area (Å²) in [4.78, 5) is 21.4. The van der Waals surface area contributed by atoms with Gasteiger partial charge < -0.3 is 4.90 Å². The Morgan fingerprint density at radius 1 is 1.27 bits per heavy atom. The molecule has 116 valence electrons. The highest BCUT2D eigenvalue weighted by molar-refractivity contribution is 7.11. The van der Waals surface area contributed by atoms with E-state index >= 15 is 0 Å². The average molecular weight is 314 g/mol. The molecule has 22 heavy (non-hydrogen) atoms. The Labute approximate surface area is 136 Å². The Balaban J connectivity index is 1.77. The van der Waals surface area contributed by atoms with E-state index in [2.05, 4.69) is 37.9 Å². The Kier molecular flexibility index (Phi) is 4.04. The van der Waals surface area contributed by atoms with Gasteiger partial charge in [0.15, 0.2) is 0 Å². The molecule has 0 N–H and O–H groups in total. The zero-order chi connectivity index (χ0) is 15.7. The van der Waals surface area contributed by atoms with E-state index in [1.807, 2.05) is 17.0 Å². The van der Waals surface area contributed by atoms with E-state index in [1.165, 1.54) is 9.75 Å². The van der Waals surface area contributed by atoms with Crippen molar-refractivity contribution in [3.63, 3.8) is 0 Å². The van der Waals surface area contributed by atoms with Crippen LogP contribution in [0.15, 0.2) is 36.7 Å². The van der Waals surface area contributed by atoms with Crippen LogP contribution in [0.1, 0.15) is 35.6 Å². The number of pyridine rings is 1. The third-order valence-electron chi connectivity index (χ3n) is 4.39. The van der Waals surface area contributed by atoms with Gasteiger partial charge in [0.25, 0.3) is 0 Å². The molecule has 2 aromatic heterocycles. The number of rotatable bonds is 5. The normalized spacial score (nSPS) is 19.0. The standard InChI is InChI=1S/C18H22N2OS/c1-13-4-5-15(22-13)12-20(11-14-6-8-19-9-7-14)17(21)16-10-18(16,2)3/h4-9,16H,10-12H2,1-3H3/t16-/m0/s1. The first-order chi connectivity index (χ1) is 10.5. The molecular formula is C18H22N2OS. The molecule has 0 unspecified atom stereocenters. The summed E-state index contributed by atoms with van der Waals surface area (Å²) in [7, 11) is 0. The first-order valence-electron chi connectivity index (χ1n) is 7.69. The summed E-state index contributed by atoms with van der Waals surface area (Å²) in [5.41, 5.74) is 1.30. The second-order valence-corrected chi connectivity index (χ2v) is 8.18. The second-order valence-electron chi connectivity index (χ2n) is 6.81. The molecule has 3 rings (SSSR count). The Morgan fingerprint density at radius 3 is 2.50 bits per heavy atom. The van der Waals surface area contributed by atoms with Gasteiger partial charge in [-0.15, -0.1) is 11.3 Å². The number of carbonyl (C=O) groups is 1. The molecule has 1 aliphatic carbocycles. The molecule has 0 aromatic carbocycles. The van der Waals surface area contributed by atoms with Gasteiger partial charge in [-0.05, 0) is 48.6 Å². The summed E-state index contributed by atoms with van der Waals surface area (Å²) in [6.07, 6.45) is 4.57. The van der Waals surface area contributed by atoms with E-state index in [0.29, 0.717) is 13.1 Å². The number of thiophene rings is 1. The minimum Gasteiger partial charge on any atom is -0.333 e. The van der Waals surface area contributed by atoms with Gasteiger partial charge in [0.2, 0.25) is 5.91 Å². The molecule has 1 saturated carbocycles. The lowest BCUT2D eigenvalue weighted by Crippen LogP contribution is -2.32. The summed E-state index contributed by atoms with van der Waals surface area (Å²) in [5.74, 6) is 0.461. The summed E-state index contributed by atoms with van der Waals surface area (Å²) in [6.45, 7) is 7.81. The second kappa shape index (κ2) is 5.84. The smallest absolute Gasteiger partial charge is 0.226 e. The van der Waals surface area contributed by atoms with Crippen molar-refractivity contribution in [1.29, 1.82) is 0 Å². The van der Waals surface area contributed by atoms with Gasteiger partial charge in [-0.3, -0.25) is 9.78 Å². The van der Waals surface area contributed by atoms with Gasteiger partial charge >= 0.3 is 0 Å². The maximum atomic E-state index is 12.9. The third kappa shape index (κ3) is 3.38. The Hall–Kier alpha value is -1.68. The van der Waals surface area contributed by atoms with Gasteiger partial charge in [0, 0.05) is 34.6 Å².